The zero-order valence-corrected chi connectivity index (χ0v) is 11.5. The first-order chi connectivity index (χ1) is 9.02. The van der Waals surface area contributed by atoms with E-state index < -0.39 is 17.9 Å². The van der Waals surface area contributed by atoms with Gasteiger partial charge in [-0.25, -0.2) is 4.79 Å². The van der Waals surface area contributed by atoms with Crippen LogP contribution in [-0.2, 0) is 9.59 Å². The molecule has 0 radical (unpaired) electrons. The van der Waals surface area contributed by atoms with Crippen LogP contribution in [0.15, 0.2) is 28.7 Å². The van der Waals surface area contributed by atoms with E-state index in [1.165, 1.54) is 0 Å². The number of halogens is 1. The summed E-state index contributed by atoms with van der Waals surface area (Å²) in [6.07, 6.45) is 4.95. The van der Waals surface area contributed by atoms with Crippen LogP contribution in [0.5, 0.6) is 5.75 Å². The van der Waals surface area contributed by atoms with Crippen molar-refractivity contribution in [3.63, 3.8) is 0 Å². The summed E-state index contributed by atoms with van der Waals surface area (Å²) in [6, 6.07) is 5.87. The second-order valence-electron chi connectivity index (χ2n) is 3.61. The van der Waals surface area contributed by atoms with Gasteiger partial charge >= 0.3 is 5.97 Å². The molecule has 100 valence electrons. The number of nitrogens with one attached hydrogen (secondary N) is 1. The number of terminal acetylenes is 1. The molecule has 0 heterocycles. The Balaban J connectivity index is 2.47. The molecule has 19 heavy (non-hydrogen) atoms. The van der Waals surface area contributed by atoms with Crippen LogP contribution in [-0.4, -0.2) is 29.6 Å². The first-order valence-electron chi connectivity index (χ1n) is 5.37. The number of amides is 1. The van der Waals surface area contributed by atoms with Crippen LogP contribution in [0, 0.1) is 12.3 Å². The average molecular weight is 326 g/mol. The molecule has 1 amide bonds. The predicted molar refractivity (Wildman–Crippen MR) is 72.7 cm³/mol. The molecule has 1 rings (SSSR count). The molecular formula is C13H12BrNO4. The van der Waals surface area contributed by atoms with Gasteiger partial charge in [0.1, 0.15) is 11.8 Å². The molecule has 2 N–H and O–H groups in total. The molecular weight excluding hydrogens is 314 g/mol. The highest BCUT2D eigenvalue weighted by atomic mass is 79.9. The van der Waals surface area contributed by atoms with Crippen LogP contribution >= 0.6 is 15.9 Å². The Morgan fingerprint density at radius 1 is 1.53 bits per heavy atom. The lowest BCUT2D eigenvalue weighted by Gasteiger charge is -2.12. The summed E-state index contributed by atoms with van der Waals surface area (Å²) >= 11 is 3.27. The minimum atomic E-state index is -1.17. The van der Waals surface area contributed by atoms with Crippen LogP contribution in [0.1, 0.15) is 6.42 Å². The monoisotopic (exact) mass is 325 g/mol. The van der Waals surface area contributed by atoms with Crippen LogP contribution in [0.2, 0.25) is 0 Å². The fourth-order valence-corrected chi connectivity index (χ4v) is 1.64. The van der Waals surface area contributed by atoms with Crippen molar-refractivity contribution in [2.24, 2.45) is 0 Å². The smallest absolute Gasteiger partial charge is 0.327 e. The third-order valence-electron chi connectivity index (χ3n) is 2.12. The fourth-order valence-electron chi connectivity index (χ4n) is 1.26. The summed E-state index contributed by atoms with van der Waals surface area (Å²) in [5.41, 5.74) is 0. The van der Waals surface area contributed by atoms with Gasteiger partial charge in [-0.2, -0.15) is 0 Å². The summed E-state index contributed by atoms with van der Waals surface area (Å²) in [7, 11) is 0. The van der Waals surface area contributed by atoms with Crippen molar-refractivity contribution < 1.29 is 19.4 Å². The third-order valence-corrected chi connectivity index (χ3v) is 2.61. The zero-order valence-electron chi connectivity index (χ0n) is 9.93. The van der Waals surface area contributed by atoms with Crippen molar-refractivity contribution in [3.05, 3.63) is 28.7 Å². The van der Waals surface area contributed by atoms with Crippen molar-refractivity contribution in [2.45, 2.75) is 12.5 Å². The summed E-state index contributed by atoms with van der Waals surface area (Å²) in [5, 5.41) is 11.1. The van der Waals surface area contributed by atoms with Gasteiger partial charge in [-0.1, -0.05) is 22.0 Å². The number of carboxylic acid groups (broad SMARTS) is 1. The topological polar surface area (TPSA) is 75.6 Å². The van der Waals surface area contributed by atoms with E-state index in [0.29, 0.717) is 5.75 Å². The van der Waals surface area contributed by atoms with Crippen molar-refractivity contribution in [1.82, 2.24) is 5.32 Å². The Labute approximate surface area is 119 Å². The molecule has 1 aromatic rings. The minimum absolute atomic E-state index is 0.0715. The minimum Gasteiger partial charge on any atom is -0.484 e. The van der Waals surface area contributed by atoms with E-state index in [4.69, 9.17) is 16.3 Å². The highest BCUT2D eigenvalue weighted by molar-refractivity contribution is 9.10. The van der Waals surface area contributed by atoms with E-state index in [0.717, 1.165) is 4.47 Å². The molecule has 1 atom stereocenters. The van der Waals surface area contributed by atoms with Gasteiger partial charge in [0, 0.05) is 10.9 Å². The first-order valence-corrected chi connectivity index (χ1v) is 6.16. The molecule has 0 aliphatic heterocycles. The molecule has 0 saturated heterocycles. The molecule has 6 heteroatoms. The van der Waals surface area contributed by atoms with E-state index in [-0.39, 0.29) is 13.0 Å². The normalized spacial score (nSPS) is 11.2. The highest BCUT2D eigenvalue weighted by Crippen LogP contribution is 2.17. The number of ether oxygens (including phenoxy) is 1. The molecule has 0 bridgehead atoms. The summed E-state index contributed by atoms with van der Waals surface area (Å²) in [6.45, 7) is -0.273. The van der Waals surface area contributed by atoms with E-state index in [1.807, 2.05) is 6.07 Å². The van der Waals surface area contributed by atoms with E-state index in [9.17, 15) is 9.59 Å². The number of benzene rings is 1. The van der Waals surface area contributed by atoms with Gasteiger partial charge < -0.3 is 15.2 Å². The lowest BCUT2D eigenvalue weighted by Crippen LogP contribution is -2.42. The van der Waals surface area contributed by atoms with Gasteiger partial charge in [0.15, 0.2) is 6.61 Å². The molecule has 1 aromatic carbocycles. The second kappa shape index (κ2) is 7.44. The Morgan fingerprint density at radius 2 is 2.26 bits per heavy atom. The van der Waals surface area contributed by atoms with Gasteiger partial charge in [-0.3, -0.25) is 4.79 Å². The van der Waals surface area contributed by atoms with Crippen molar-refractivity contribution in [2.75, 3.05) is 6.61 Å². The van der Waals surface area contributed by atoms with Crippen LogP contribution in [0.3, 0.4) is 0 Å². The average Bonchev–Trinajstić information content (AvgIpc) is 2.36. The molecule has 5 nitrogen and oxygen atoms in total. The number of hydrogen-bond acceptors (Lipinski definition) is 3. The predicted octanol–water partition coefficient (Wildman–Crippen LogP) is 1.42. The first kappa shape index (κ1) is 15.1. The maximum atomic E-state index is 11.5. The molecule has 1 unspecified atom stereocenters. The summed E-state index contributed by atoms with van der Waals surface area (Å²) in [4.78, 5) is 22.3. The number of carbonyl (C=O) groups is 2. The van der Waals surface area contributed by atoms with Crippen LogP contribution in [0.4, 0.5) is 0 Å². The Kier molecular flexibility index (Phi) is 5.90. The summed E-state index contributed by atoms with van der Waals surface area (Å²) < 4.78 is 6.04. The van der Waals surface area contributed by atoms with Crippen LogP contribution in [0.25, 0.3) is 0 Å². The van der Waals surface area contributed by atoms with E-state index in [1.54, 1.807) is 18.2 Å². The van der Waals surface area contributed by atoms with Crippen molar-refractivity contribution in [3.8, 4) is 18.1 Å². The molecule has 0 aromatic heterocycles. The Morgan fingerprint density at radius 3 is 2.84 bits per heavy atom. The zero-order chi connectivity index (χ0) is 14.3. The van der Waals surface area contributed by atoms with Crippen LogP contribution < -0.4 is 10.1 Å². The molecule has 0 spiro atoms. The SMILES string of the molecule is C#CCC(NC(=O)COc1cccc(Br)c1)C(=O)O. The fraction of sp³-hybridized carbons (Fsp3) is 0.231. The lowest BCUT2D eigenvalue weighted by molar-refractivity contribution is -0.141. The molecule has 0 saturated carbocycles. The van der Waals surface area contributed by atoms with Crippen molar-refractivity contribution >= 4 is 27.8 Å². The van der Waals surface area contributed by atoms with Gasteiger partial charge in [-0.15, -0.1) is 12.3 Å². The van der Waals surface area contributed by atoms with Gasteiger partial charge in [0.05, 0.1) is 0 Å². The maximum absolute atomic E-state index is 11.5. The largest absolute Gasteiger partial charge is 0.484 e. The number of carbonyl (C=O) groups excluding carboxylic acids is 1. The standard InChI is InChI=1S/C13H12BrNO4/c1-2-4-11(13(17)18)15-12(16)8-19-10-6-3-5-9(14)7-10/h1,3,5-7,11H,4,8H2,(H,15,16)(H,17,18). The molecule has 0 aliphatic carbocycles. The van der Waals surface area contributed by atoms with Crippen molar-refractivity contribution in [1.29, 1.82) is 0 Å². The number of rotatable bonds is 6. The number of aliphatic carboxylic acids is 1. The van der Waals surface area contributed by atoms with Gasteiger partial charge in [0.25, 0.3) is 5.91 Å². The summed E-state index contributed by atoms with van der Waals surface area (Å²) in [5.74, 6) is 0.989. The van der Waals surface area contributed by atoms with Gasteiger partial charge in [0.2, 0.25) is 0 Å². The molecule has 0 aliphatic rings. The highest BCUT2D eigenvalue weighted by Gasteiger charge is 2.18. The molecule has 0 fully saturated rings. The quantitative estimate of drug-likeness (QED) is 0.776. The lowest BCUT2D eigenvalue weighted by atomic mass is 10.2. The third kappa shape index (κ3) is 5.44. The maximum Gasteiger partial charge on any atom is 0.327 e. The van der Waals surface area contributed by atoms with Gasteiger partial charge in [-0.05, 0) is 18.2 Å². The van der Waals surface area contributed by atoms with E-state index >= 15 is 0 Å². The Hall–Kier alpha value is -2.00. The Bertz CT molecular complexity index is 510. The van der Waals surface area contributed by atoms with E-state index in [2.05, 4.69) is 27.2 Å². The number of carboxylic acids is 1. The number of hydrogen-bond donors (Lipinski definition) is 2. The second-order valence-corrected chi connectivity index (χ2v) is 4.53.